The van der Waals surface area contributed by atoms with Crippen LogP contribution in [0.15, 0.2) is 24.3 Å². The van der Waals surface area contributed by atoms with Crippen molar-refractivity contribution in [3.8, 4) is 0 Å². The molecule has 3 N–H and O–H groups in total. The maximum Gasteiger partial charge on any atom is 0.308 e. The van der Waals surface area contributed by atoms with Crippen LogP contribution in [0.2, 0.25) is 0 Å². The van der Waals surface area contributed by atoms with Gasteiger partial charge in [0.05, 0.1) is 5.92 Å². The summed E-state index contributed by atoms with van der Waals surface area (Å²) < 4.78 is 0. The van der Waals surface area contributed by atoms with Crippen molar-refractivity contribution in [1.82, 2.24) is 4.90 Å². The number of hydrogen-bond donors (Lipinski definition) is 2. The topological polar surface area (TPSA) is 83.6 Å². The first kappa shape index (κ1) is 14.1. The summed E-state index contributed by atoms with van der Waals surface area (Å²) in [5, 5.41) is 9.29. The summed E-state index contributed by atoms with van der Waals surface area (Å²) in [6.45, 7) is 0.495. The highest BCUT2D eigenvalue weighted by Gasteiger charge is 2.51. The van der Waals surface area contributed by atoms with Crippen LogP contribution in [0.4, 0.5) is 0 Å². The molecule has 0 radical (unpaired) electrons. The smallest absolute Gasteiger partial charge is 0.308 e. The van der Waals surface area contributed by atoms with Gasteiger partial charge in [-0.1, -0.05) is 18.2 Å². The molecule has 1 amide bonds. The lowest BCUT2D eigenvalue weighted by Gasteiger charge is -2.24. The first-order chi connectivity index (χ1) is 10.1. The molecule has 1 aromatic carbocycles. The molecule has 0 aliphatic carbocycles. The molecule has 21 heavy (non-hydrogen) atoms. The molecule has 2 aliphatic heterocycles. The summed E-state index contributed by atoms with van der Waals surface area (Å²) in [5.41, 5.74) is 7.23. The van der Waals surface area contributed by atoms with Crippen molar-refractivity contribution < 1.29 is 14.7 Å². The fourth-order valence-electron chi connectivity index (χ4n) is 3.81. The summed E-state index contributed by atoms with van der Waals surface area (Å²) in [6, 6.07) is 7.42. The normalized spacial score (nSPS) is 27.1. The van der Waals surface area contributed by atoms with Crippen LogP contribution in [0, 0.1) is 5.92 Å². The fraction of sp³-hybridized carbons (Fsp3) is 0.500. The standard InChI is InChI=1S/C16H20N2O3/c17-8-7-10-3-1-2-4-12(10)15(19)18-11-5-6-14(18)13(9-11)16(20)21/h1-4,11,13-14H,5-9,17H2,(H,20,21). The SMILES string of the molecule is NCCc1ccccc1C(=O)N1C2CCC1C(C(=O)O)C2. The van der Waals surface area contributed by atoms with E-state index in [1.54, 1.807) is 0 Å². The van der Waals surface area contributed by atoms with Crippen LogP contribution in [0.1, 0.15) is 35.2 Å². The van der Waals surface area contributed by atoms with Gasteiger partial charge in [-0.2, -0.15) is 0 Å². The van der Waals surface area contributed by atoms with E-state index >= 15 is 0 Å². The van der Waals surface area contributed by atoms with Crippen LogP contribution in [-0.2, 0) is 11.2 Å². The highest BCUT2D eigenvalue weighted by atomic mass is 16.4. The minimum atomic E-state index is -0.782. The number of carboxylic acids is 1. The summed E-state index contributed by atoms with van der Waals surface area (Å²) in [7, 11) is 0. The molecule has 0 saturated carbocycles. The van der Waals surface area contributed by atoms with Gasteiger partial charge in [0.25, 0.3) is 5.91 Å². The van der Waals surface area contributed by atoms with Gasteiger partial charge in [-0.15, -0.1) is 0 Å². The predicted octanol–water partition coefficient (Wildman–Crippen LogP) is 1.27. The molecule has 0 spiro atoms. The summed E-state index contributed by atoms with van der Waals surface area (Å²) in [6.07, 6.45) is 2.96. The molecule has 3 unspecified atom stereocenters. The molecule has 5 nitrogen and oxygen atoms in total. The third-order valence-corrected chi connectivity index (χ3v) is 4.75. The van der Waals surface area contributed by atoms with E-state index in [1.807, 2.05) is 29.2 Å². The zero-order valence-corrected chi connectivity index (χ0v) is 11.9. The van der Waals surface area contributed by atoms with E-state index in [9.17, 15) is 14.7 Å². The van der Waals surface area contributed by atoms with Gasteiger partial charge in [-0.05, 0) is 43.9 Å². The Balaban J connectivity index is 1.88. The van der Waals surface area contributed by atoms with Gasteiger partial charge in [0.1, 0.15) is 0 Å². The average molecular weight is 288 g/mol. The number of benzene rings is 1. The molecule has 5 heteroatoms. The largest absolute Gasteiger partial charge is 0.481 e. The van der Waals surface area contributed by atoms with E-state index < -0.39 is 11.9 Å². The quantitative estimate of drug-likeness (QED) is 0.874. The molecular formula is C16H20N2O3. The molecule has 112 valence electrons. The lowest BCUT2D eigenvalue weighted by atomic mass is 9.89. The zero-order chi connectivity index (χ0) is 15.0. The zero-order valence-electron chi connectivity index (χ0n) is 11.9. The number of rotatable bonds is 4. The van der Waals surface area contributed by atoms with E-state index in [0.29, 0.717) is 24.9 Å². The second kappa shape index (κ2) is 5.48. The fourth-order valence-corrected chi connectivity index (χ4v) is 3.81. The Morgan fingerprint density at radius 2 is 2.05 bits per heavy atom. The first-order valence-electron chi connectivity index (χ1n) is 7.47. The van der Waals surface area contributed by atoms with Crippen LogP contribution in [0.3, 0.4) is 0 Å². The number of amides is 1. The summed E-state index contributed by atoms with van der Waals surface area (Å²) in [4.78, 5) is 26.0. The number of hydrogen-bond acceptors (Lipinski definition) is 3. The van der Waals surface area contributed by atoms with Gasteiger partial charge >= 0.3 is 5.97 Å². The maximum absolute atomic E-state index is 12.9. The van der Waals surface area contributed by atoms with Gasteiger partial charge in [-0.25, -0.2) is 0 Å². The highest BCUT2D eigenvalue weighted by Crippen LogP contribution is 2.42. The van der Waals surface area contributed by atoms with Gasteiger partial charge in [-0.3, -0.25) is 9.59 Å². The van der Waals surface area contributed by atoms with Crippen LogP contribution in [-0.4, -0.2) is 40.5 Å². The third kappa shape index (κ3) is 2.31. The Morgan fingerprint density at radius 1 is 1.29 bits per heavy atom. The van der Waals surface area contributed by atoms with Crippen molar-refractivity contribution in [2.75, 3.05) is 6.54 Å². The van der Waals surface area contributed by atoms with Crippen molar-refractivity contribution in [1.29, 1.82) is 0 Å². The van der Waals surface area contributed by atoms with Crippen molar-refractivity contribution in [3.05, 3.63) is 35.4 Å². The minimum absolute atomic E-state index is 0.0321. The van der Waals surface area contributed by atoms with Crippen molar-refractivity contribution >= 4 is 11.9 Å². The lowest BCUT2D eigenvalue weighted by molar-refractivity contribution is -0.142. The van der Waals surface area contributed by atoms with E-state index in [1.165, 1.54) is 0 Å². The van der Waals surface area contributed by atoms with Crippen LogP contribution in [0.5, 0.6) is 0 Å². The molecule has 1 aromatic rings. The van der Waals surface area contributed by atoms with Gasteiger partial charge in [0, 0.05) is 17.6 Å². The van der Waals surface area contributed by atoms with Crippen LogP contribution in [0.25, 0.3) is 0 Å². The number of fused-ring (bicyclic) bond motifs is 2. The van der Waals surface area contributed by atoms with E-state index in [2.05, 4.69) is 0 Å². The van der Waals surface area contributed by atoms with E-state index in [-0.39, 0.29) is 18.0 Å². The average Bonchev–Trinajstić information content (AvgIpc) is 3.05. The minimum Gasteiger partial charge on any atom is -0.481 e. The first-order valence-corrected chi connectivity index (χ1v) is 7.47. The Labute approximate surface area is 123 Å². The van der Waals surface area contributed by atoms with Crippen molar-refractivity contribution in [2.45, 2.75) is 37.8 Å². The summed E-state index contributed by atoms with van der Waals surface area (Å²) >= 11 is 0. The number of carbonyl (C=O) groups is 2. The molecule has 2 aliphatic rings. The molecule has 3 atom stereocenters. The Morgan fingerprint density at radius 3 is 2.71 bits per heavy atom. The number of nitrogens with zero attached hydrogens (tertiary/aromatic N) is 1. The Kier molecular flexibility index (Phi) is 3.68. The van der Waals surface area contributed by atoms with E-state index in [4.69, 9.17) is 5.73 Å². The van der Waals surface area contributed by atoms with Crippen molar-refractivity contribution in [2.24, 2.45) is 11.7 Å². The molecule has 3 rings (SSSR count). The van der Waals surface area contributed by atoms with Crippen molar-refractivity contribution in [3.63, 3.8) is 0 Å². The number of aliphatic carboxylic acids is 1. The second-order valence-corrected chi connectivity index (χ2v) is 5.89. The number of carbonyl (C=O) groups excluding carboxylic acids is 1. The maximum atomic E-state index is 12.9. The lowest BCUT2D eigenvalue weighted by Crippen LogP contribution is -2.38. The highest BCUT2D eigenvalue weighted by molar-refractivity contribution is 5.97. The third-order valence-electron chi connectivity index (χ3n) is 4.75. The molecule has 0 aromatic heterocycles. The number of carboxylic acid groups (broad SMARTS) is 1. The van der Waals surface area contributed by atoms with E-state index in [0.717, 1.165) is 18.4 Å². The Hall–Kier alpha value is -1.88. The van der Waals surface area contributed by atoms with Crippen LogP contribution < -0.4 is 5.73 Å². The molecular weight excluding hydrogens is 268 g/mol. The van der Waals surface area contributed by atoms with Gasteiger partial charge in [0.2, 0.25) is 0 Å². The van der Waals surface area contributed by atoms with Gasteiger partial charge < -0.3 is 15.7 Å². The molecule has 2 fully saturated rings. The van der Waals surface area contributed by atoms with Crippen LogP contribution >= 0.6 is 0 Å². The van der Waals surface area contributed by atoms with Gasteiger partial charge in [0.15, 0.2) is 0 Å². The second-order valence-electron chi connectivity index (χ2n) is 5.89. The summed E-state index contributed by atoms with van der Waals surface area (Å²) in [5.74, 6) is -1.22. The monoisotopic (exact) mass is 288 g/mol. The molecule has 2 saturated heterocycles. The number of nitrogens with two attached hydrogens (primary N) is 1. The molecule has 2 heterocycles. The predicted molar refractivity (Wildman–Crippen MR) is 77.9 cm³/mol. The Bertz CT molecular complexity index is 572. The molecule has 2 bridgehead atoms.